The van der Waals surface area contributed by atoms with Crippen molar-refractivity contribution in [1.82, 2.24) is 0 Å². The van der Waals surface area contributed by atoms with Crippen molar-refractivity contribution in [3.8, 4) is 0 Å². The van der Waals surface area contributed by atoms with Gasteiger partial charge in [0.2, 0.25) is 0 Å². The van der Waals surface area contributed by atoms with Crippen LogP contribution in [0.25, 0.3) is 0 Å². The lowest BCUT2D eigenvalue weighted by atomic mass is 10.1. The summed E-state index contributed by atoms with van der Waals surface area (Å²) in [6.07, 6.45) is 2.16. The fraction of sp³-hybridized carbons (Fsp3) is 0.417. The number of benzene rings is 1. The molecule has 1 aromatic carbocycles. The molecule has 1 N–H and O–H groups in total. The second kappa shape index (κ2) is 6.66. The zero-order valence-electron chi connectivity index (χ0n) is 9.20. The molecule has 0 heterocycles. The summed E-state index contributed by atoms with van der Waals surface area (Å²) < 4.78 is 6.25. The van der Waals surface area contributed by atoms with Gasteiger partial charge in [-0.1, -0.05) is 35.3 Å². The Bertz CT molecular complexity index is 363. The number of carboxylic acid groups (broad SMARTS) is 1. The summed E-state index contributed by atoms with van der Waals surface area (Å²) >= 11 is 3.34. The molecule has 0 fully saturated rings. The smallest absolute Gasteiger partial charge is 0.335 e. The number of hydrogen-bond acceptors (Lipinski definition) is 2. The molecule has 0 aliphatic rings. The highest BCUT2D eigenvalue weighted by Crippen LogP contribution is 2.19. The summed E-state index contributed by atoms with van der Waals surface area (Å²) in [5, 5.41) is 8.79. The van der Waals surface area contributed by atoms with E-state index in [9.17, 15) is 4.79 Å². The third-order valence-corrected chi connectivity index (χ3v) is 2.94. The first-order valence-corrected chi connectivity index (χ1v) is 6.04. The van der Waals surface area contributed by atoms with Crippen LogP contribution < -0.4 is 0 Å². The number of halogens is 1. The van der Waals surface area contributed by atoms with E-state index in [2.05, 4.69) is 22.9 Å². The van der Waals surface area contributed by atoms with Crippen LogP contribution in [0.3, 0.4) is 0 Å². The van der Waals surface area contributed by atoms with Crippen molar-refractivity contribution >= 4 is 21.9 Å². The number of ether oxygens (including phenoxy) is 1. The van der Waals surface area contributed by atoms with Gasteiger partial charge in [0.1, 0.15) is 0 Å². The molecule has 4 heteroatoms. The van der Waals surface area contributed by atoms with Crippen LogP contribution in [-0.2, 0) is 11.3 Å². The number of carbonyl (C=O) groups is 1. The maximum atomic E-state index is 10.7. The highest BCUT2D eigenvalue weighted by Gasteiger charge is 2.06. The SMILES string of the molecule is CCCCOCc1ccc(C(=O)O)cc1Br. The predicted molar refractivity (Wildman–Crippen MR) is 65.7 cm³/mol. The van der Waals surface area contributed by atoms with Crippen LogP contribution >= 0.6 is 15.9 Å². The molecule has 0 aromatic heterocycles. The number of rotatable bonds is 6. The van der Waals surface area contributed by atoms with E-state index in [0.717, 1.165) is 29.5 Å². The lowest BCUT2D eigenvalue weighted by molar-refractivity contribution is 0.0696. The van der Waals surface area contributed by atoms with Crippen molar-refractivity contribution in [2.45, 2.75) is 26.4 Å². The lowest BCUT2D eigenvalue weighted by Crippen LogP contribution is -1.99. The summed E-state index contributed by atoms with van der Waals surface area (Å²) in [4.78, 5) is 10.7. The quantitative estimate of drug-likeness (QED) is 0.815. The van der Waals surface area contributed by atoms with Gasteiger partial charge in [0.05, 0.1) is 12.2 Å². The lowest BCUT2D eigenvalue weighted by Gasteiger charge is -2.06. The average molecular weight is 287 g/mol. The third kappa shape index (κ3) is 3.94. The molecule has 88 valence electrons. The normalized spacial score (nSPS) is 10.4. The summed E-state index contributed by atoms with van der Waals surface area (Å²) in [6.45, 7) is 3.37. The van der Waals surface area contributed by atoms with Gasteiger partial charge in [-0.05, 0) is 24.1 Å². The number of aromatic carboxylic acids is 1. The Labute approximate surface area is 104 Å². The number of carboxylic acids is 1. The van der Waals surface area contributed by atoms with E-state index in [4.69, 9.17) is 9.84 Å². The first-order valence-electron chi connectivity index (χ1n) is 5.24. The predicted octanol–water partition coefficient (Wildman–Crippen LogP) is 3.46. The van der Waals surface area contributed by atoms with Crippen LogP contribution in [-0.4, -0.2) is 17.7 Å². The highest BCUT2D eigenvalue weighted by molar-refractivity contribution is 9.10. The largest absolute Gasteiger partial charge is 0.478 e. The van der Waals surface area contributed by atoms with E-state index >= 15 is 0 Å². The molecule has 0 unspecified atom stereocenters. The zero-order valence-corrected chi connectivity index (χ0v) is 10.8. The van der Waals surface area contributed by atoms with Crippen molar-refractivity contribution in [1.29, 1.82) is 0 Å². The van der Waals surface area contributed by atoms with Gasteiger partial charge >= 0.3 is 5.97 Å². The topological polar surface area (TPSA) is 46.5 Å². The summed E-state index contributed by atoms with van der Waals surface area (Å²) in [7, 11) is 0. The highest BCUT2D eigenvalue weighted by atomic mass is 79.9. The van der Waals surface area contributed by atoms with Gasteiger partial charge in [-0.15, -0.1) is 0 Å². The van der Waals surface area contributed by atoms with E-state index in [0.29, 0.717) is 6.61 Å². The summed E-state index contributed by atoms with van der Waals surface area (Å²) in [5.41, 5.74) is 1.25. The molecular formula is C12H15BrO3. The first kappa shape index (κ1) is 13.2. The Morgan fingerprint density at radius 2 is 2.25 bits per heavy atom. The minimum absolute atomic E-state index is 0.282. The van der Waals surface area contributed by atoms with Crippen LogP contribution in [0.5, 0.6) is 0 Å². The Kier molecular flexibility index (Phi) is 5.49. The molecule has 0 aliphatic carbocycles. The first-order chi connectivity index (χ1) is 7.65. The summed E-state index contributed by atoms with van der Waals surface area (Å²) in [6, 6.07) is 4.96. The van der Waals surface area contributed by atoms with Crippen molar-refractivity contribution in [2.24, 2.45) is 0 Å². The maximum absolute atomic E-state index is 10.7. The van der Waals surface area contributed by atoms with Crippen molar-refractivity contribution < 1.29 is 14.6 Å². The molecule has 1 aromatic rings. The molecule has 1 rings (SSSR count). The van der Waals surface area contributed by atoms with Crippen LogP contribution in [0.1, 0.15) is 35.7 Å². The second-order valence-corrected chi connectivity index (χ2v) is 4.37. The standard InChI is InChI=1S/C12H15BrO3/c1-2-3-6-16-8-10-5-4-9(12(14)15)7-11(10)13/h4-5,7H,2-3,6,8H2,1H3,(H,14,15). The number of unbranched alkanes of at least 4 members (excludes halogenated alkanes) is 1. The van der Waals surface area contributed by atoms with Crippen LogP contribution in [0, 0.1) is 0 Å². The average Bonchev–Trinajstić information content (AvgIpc) is 2.26. The van der Waals surface area contributed by atoms with Crippen molar-refractivity contribution in [3.05, 3.63) is 33.8 Å². The van der Waals surface area contributed by atoms with E-state index in [1.807, 2.05) is 0 Å². The minimum atomic E-state index is -0.917. The van der Waals surface area contributed by atoms with E-state index in [-0.39, 0.29) is 5.56 Å². The Morgan fingerprint density at radius 1 is 1.50 bits per heavy atom. The minimum Gasteiger partial charge on any atom is -0.478 e. The summed E-state index contributed by atoms with van der Waals surface area (Å²) in [5.74, 6) is -0.917. The molecule has 0 bridgehead atoms. The zero-order chi connectivity index (χ0) is 12.0. The molecule has 0 radical (unpaired) electrons. The monoisotopic (exact) mass is 286 g/mol. The molecule has 0 saturated heterocycles. The van der Waals surface area contributed by atoms with Gasteiger partial charge in [-0.25, -0.2) is 4.79 Å². The number of hydrogen-bond donors (Lipinski definition) is 1. The van der Waals surface area contributed by atoms with Gasteiger partial charge in [-0.3, -0.25) is 0 Å². The van der Waals surface area contributed by atoms with Gasteiger partial charge in [-0.2, -0.15) is 0 Å². The third-order valence-electron chi connectivity index (χ3n) is 2.20. The molecule has 0 spiro atoms. The van der Waals surface area contributed by atoms with E-state index in [1.165, 1.54) is 0 Å². The molecular weight excluding hydrogens is 272 g/mol. The molecule has 0 atom stereocenters. The van der Waals surface area contributed by atoms with Crippen molar-refractivity contribution in [2.75, 3.05) is 6.61 Å². The van der Waals surface area contributed by atoms with Gasteiger partial charge in [0.15, 0.2) is 0 Å². The van der Waals surface area contributed by atoms with E-state index in [1.54, 1.807) is 18.2 Å². The van der Waals surface area contributed by atoms with E-state index < -0.39 is 5.97 Å². The molecule has 0 saturated carbocycles. The second-order valence-electron chi connectivity index (χ2n) is 3.52. The maximum Gasteiger partial charge on any atom is 0.335 e. The molecule has 3 nitrogen and oxygen atoms in total. The Morgan fingerprint density at radius 3 is 2.81 bits per heavy atom. The van der Waals surface area contributed by atoms with Crippen molar-refractivity contribution in [3.63, 3.8) is 0 Å². The Hall–Kier alpha value is -0.870. The Balaban J connectivity index is 2.57. The molecule has 0 amide bonds. The van der Waals surface area contributed by atoms with Gasteiger partial charge in [0, 0.05) is 11.1 Å². The van der Waals surface area contributed by atoms with Crippen LogP contribution in [0.15, 0.2) is 22.7 Å². The van der Waals surface area contributed by atoms with Gasteiger partial charge < -0.3 is 9.84 Å². The fourth-order valence-corrected chi connectivity index (χ4v) is 1.72. The molecule has 0 aliphatic heterocycles. The van der Waals surface area contributed by atoms with Gasteiger partial charge in [0.25, 0.3) is 0 Å². The van der Waals surface area contributed by atoms with Crippen LogP contribution in [0.4, 0.5) is 0 Å². The fourth-order valence-electron chi connectivity index (χ4n) is 1.23. The molecule has 16 heavy (non-hydrogen) atoms. The van der Waals surface area contributed by atoms with Crippen LogP contribution in [0.2, 0.25) is 0 Å².